The van der Waals surface area contributed by atoms with Gasteiger partial charge in [0.2, 0.25) is 0 Å². The lowest BCUT2D eigenvalue weighted by Crippen LogP contribution is -2.21. The minimum atomic E-state index is -0.385. The number of methoxy groups -OCH3 is 1. The second kappa shape index (κ2) is 13.8. The molecule has 232 valence electrons. The standard InChI is InChI=1S/C35H32BrClFN3O4/c1-6-44-29-15-21(4)26(17-25(29)20(2)3)34-40-28-14-10-8-12-24(28)35(42)41(34)39-18-23-16-30(43-5)33(32(37)31(23)36)45-19-22-11-7-9-13-27(22)38/h7-18,20H,6,19H2,1-5H3. The fraction of sp³-hybridized carbons (Fsp3) is 0.229. The van der Waals surface area contributed by atoms with Gasteiger partial charge >= 0.3 is 0 Å². The molecule has 0 atom stereocenters. The van der Waals surface area contributed by atoms with E-state index in [-0.39, 0.29) is 34.7 Å². The minimum Gasteiger partial charge on any atom is -0.494 e. The van der Waals surface area contributed by atoms with E-state index >= 15 is 0 Å². The maximum Gasteiger partial charge on any atom is 0.282 e. The SMILES string of the molecule is CCOc1cc(C)c(-c2nc3ccccc3c(=O)n2N=Cc2cc(OC)c(OCc3ccccc3F)c(Cl)c2Br)cc1C(C)C. The average molecular weight is 693 g/mol. The number of hydrogen-bond acceptors (Lipinski definition) is 6. The summed E-state index contributed by atoms with van der Waals surface area (Å²) in [6.45, 7) is 8.58. The molecule has 0 unspecified atom stereocenters. The number of nitrogens with zero attached hydrogens (tertiary/aromatic N) is 3. The summed E-state index contributed by atoms with van der Waals surface area (Å²) in [5, 5.41) is 5.28. The highest BCUT2D eigenvalue weighted by Gasteiger charge is 2.20. The molecule has 0 amide bonds. The van der Waals surface area contributed by atoms with Crippen LogP contribution in [0, 0.1) is 12.7 Å². The van der Waals surface area contributed by atoms with E-state index in [1.807, 2.05) is 38.1 Å². The van der Waals surface area contributed by atoms with E-state index < -0.39 is 0 Å². The second-order valence-electron chi connectivity index (χ2n) is 10.6. The van der Waals surface area contributed by atoms with Crippen LogP contribution in [0.3, 0.4) is 0 Å². The third-order valence-corrected chi connectivity index (χ3v) is 8.73. The van der Waals surface area contributed by atoms with Crippen molar-refractivity contribution in [2.24, 2.45) is 5.10 Å². The molecule has 0 aliphatic carbocycles. The molecule has 0 N–H and O–H groups in total. The first-order chi connectivity index (χ1) is 21.6. The Morgan fingerprint density at radius 1 is 1.07 bits per heavy atom. The fourth-order valence-corrected chi connectivity index (χ4v) is 5.60. The van der Waals surface area contributed by atoms with E-state index in [0.29, 0.717) is 44.7 Å². The lowest BCUT2D eigenvalue weighted by Gasteiger charge is -2.18. The van der Waals surface area contributed by atoms with Gasteiger partial charge in [0.25, 0.3) is 5.56 Å². The van der Waals surface area contributed by atoms with Crippen LogP contribution < -0.4 is 19.8 Å². The van der Waals surface area contributed by atoms with Gasteiger partial charge in [-0.3, -0.25) is 4.79 Å². The predicted molar refractivity (Wildman–Crippen MR) is 181 cm³/mol. The molecule has 0 saturated carbocycles. The highest BCUT2D eigenvalue weighted by atomic mass is 79.9. The van der Waals surface area contributed by atoms with Gasteiger partial charge < -0.3 is 14.2 Å². The molecule has 1 aromatic heterocycles. The first kappa shape index (κ1) is 32.2. The summed E-state index contributed by atoms with van der Waals surface area (Å²) >= 11 is 10.3. The minimum absolute atomic E-state index is 0.0516. The molecule has 0 spiro atoms. The molecule has 0 aliphatic rings. The first-order valence-corrected chi connectivity index (χ1v) is 15.6. The monoisotopic (exact) mass is 691 g/mol. The van der Waals surface area contributed by atoms with Crippen molar-refractivity contribution in [1.29, 1.82) is 0 Å². The number of ether oxygens (including phenoxy) is 3. The molecule has 1 heterocycles. The number of hydrogen-bond donors (Lipinski definition) is 0. The van der Waals surface area contributed by atoms with Crippen LogP contribution in [0.1, 0.15) is 48.9 Å². The van der Waals surface area contributed by atoms with Gasteiger partial charge in [-0.05, 0) is 83.2 Å². The number of aryl methyl sites for hydroxylation is 1. The Kier molecular flexibility index (Phi) is 9.90. The summed E-state index contributed by atoms with van der Waals surface area (Å²) in [7, 11) is 1.48. The second-order valence-corrected chi connectivity index (χ2v) is 11.8. The van der Waals surface area contributed by atoms with E-state index in [4.69, 9.17) is 30.8 Å². The molecule has 0 fully saturated rings. The van der Waals surface area contributed by atoms with Crippen molar-refractivity contribution >= 4 is 44.6 Å². The maximum absolute atomic E-state index is 14.2. The van der Waals surface area contributed by atoms with Crippen molar-refractivity contribution in [2.75, 3.05) is 13.7 Å². The van der Waals surface area contributed by atoms with Crippen molar-refractivity contribution in [3.8, 4) is 28.6 Å². The molecule has 4 aromatic carbocycles. The molecule has 45 heavy (non-hydrogen) atoms. The van der Waals surface area contributed by atoms with Gasteiger partial charge in [0.15, 0.2) is 17.3 Å². The number of benzene rings is 4. The Hall–Kier alpha value is -4.21. The van der Waals surface area contributed by atoms with Crippen LogP contribution in [0.15, 0.2) is 81.1 Å². The zero-order valence-electron chi connectivity index (χ0n) is 25.5. The maximum atomic E-state index is 14.2. The van der Waals surface area contributed by atoms with Crippen molar-refractivity contribution in [1.82, 2.24) is 9.66 Å². The summed E-state index contributed by atoms with van der Waals surface area (Å²) in [4.78, 5) is 18.8. The molecular formula is C35H32BrClFN3O4. The zero-order chi connectivity index (χ0) is 32.2. The average Bonchev–Trinajstić information content (AvgIpc) is 3.02. The number of para-hydroxylation sites is 1. The van der Waals surface area contributed by atoms with Crippen molar-refractivity contribution in [3.05, 3.63) is 115 Å². The van der Waals surface area contributed by atoms with E-state index in [2.05, 4.69) is 34.9 Å². The predicted octanol–water partition coefficient (Wildman–Crippen LogP) is 8.92. The van der Waals surface area contributed by atoms with Crippen molar-refractivity contribution in [3.63, 3.8) is 0 Å². The van der Waals surface area contributed by atoms with Crippen LogP contribution >= 0.6 is 27.5 Å². The number of rotatable bonds is 10. The van der Waals surface area contributed by atoms with E-state index in [1.165, 1.54) is 24.1 Å². The van der Waals surface area contributed by atoms with Crippen LogP contribution in [0.25, 0.3) is 22.3 Å². The first-order valence-electron chi connectivity index (χ1n) is 14.4. The number of aromatic nitrogens is 2. The van der Waals surface area contributed by atoms with Gasteiger partial charge in [-0.25, -0.2) is 9.37 Å². The van der Waals surface area contributed by atoms with Gasteiger partial charge in [-0.1, -0.05) is 55.8 Å². The molecule has 10 heteroatoms. The third kappa shape index (κ3) is 6.60. The Balaban J connectivity index is 1.63. The molecule has 0 bridgehead atoms. The van der Waals surface area contributed by atoms with Gasteiger partial charge in [0.05, 0.1) is 30.8 Å². The molecular weight excluding hydrogens is 661 g/mol. The van der Waals surface area contributed by atoms with Gasteiger partial charge in [-0.15, -0.1) is 0 Å². The Bertz CT molecular complexity index is 1980. The Morgan fingerprint density at radius 2 is 1.80 bits per heavy atom. The van der Waals surface area contributed by atoms with Gasteiger partial charge in [-0.2, -0.15) is 9.78 Å². The van der Waals surface area contributed by atoms with E-state index in [1.54, 1.807) is 36.4 Å². The van der Waals surface area contributed by atoms with Crippen LogP contribution in [0.5, 0.6) is 17.2 Å². The van der Waals surface area contributed by atoms with Crippen molar-refractivity contribution < 1.29 is 18.6 Å². The topological polar surface area (TPSA) is 74.9 Å². The fourth-order valence-electron chi connectivity index (χ4n) is 4.95. The Labute approximate surface area is 274 Å². The summed E-state index contributed by atoms with van der Waals surface area (Å²) in [5.41, 5.74) is 3.77. The molecule has 0 aliphatic heterocycles. The highest BCUT2D eigenvalue weighted by molar-refractivity contribution is 9.10. The lowest BCUT2D eigenvalue weighted by atomic mass is 9.96. The van der Waals surface area contributed by atoms with E-state index in [0.717, 1.165) is 22.4 Å². The van der Waals surface area contributed by atoms with Crippen LogP contribution in [0.4, 0.5) is 4.39 Å². The summed E-state index contributed by atoms with van der Waals surface area (Å²) in [5.74, 6) is 1.52. The zero-order valence-corrected chi connectivity index (χ0v) is 27.9. The van der Waals surface area contributed by atoms with Gasteiger partial charge in [0.1, 0.15) is 23.2 Å². The largest absolute Gasteiger partial charge is 0.494 e. The summed E-state index contributed by atoms with van der Waals surface area (Å²) < 4.78 is 33.3. The smallest absolute Gasteiger partial charge is 0.282 e. The molecule has 5 aromatic rings. The highest BCUT2D eigenvalue weighted by Crippen LogP contribution is 2.42. The van der Waals surface area contributed by atoms with E-state index in [9.17, 15) is 9.18 Å². The lowest BCUT2D eigenvalue weighted by molar-refractivity contribution is 0.279. The van der Waals surface area contributed by atoms with Crippen molar-refractivity contribution in [2.45, 2.75) is 40.2 Å². The normalized spacial score (nSPS) is 11.5. The van der Waals surface area contributed by atoms with Crippen LogP contribution in [0.2, 0.25) is 5.02 Å². The third-order valence-electron chi connectivity index (χ3n) is 7.29. The Morgan fingerprint density at radius 3 is 2.51 bits per heavy atom. The van der Waals surface area contributed by atoms with Gasteiger partial charge in [0, 0.05) is 21.2 Å². The number of halogens is 3. The molecule has 7 nitrogen and oxygen atoms in total. The summed E-state index contributed by atoms with van der Waals surface area (Å²) in [6, 6.07) is 19.2. The molecule has 0 radical (unpaired) electrons. The summed E-state index contributed by atoms with van der Waals surface area (Å²) in [6.07, 6.45) is 1.51. The van der Waals surface area contributed by atoms with Crippen LogP contribution in [-0.2, 0) is 6.61 Å². The molecule has 0 saturated heterocycles. The molecule has 5 rings (SSSR count). The van der Waals surface area contributed by atoms with Crippen LogP contribution in [-0.4, -0.2) is 29.6 Å². The quantitative estimate of drug-likeness (QED) is 0.137. The number of fused-ring (bicyclic) bond motifs is 1.